The molecule has 5 nitrogen and oxygen atoms in total. The van der Waals surface area contributed by atoms with Crippen molar-refractivity contribution in [2.24, 2.45) is 12.8 Å². The van der Waals surface area contributed by atoms with E-state index < -0.39 is 23.9 Å². The molecule has 9 heteroatoms. The van der Waals surface area contributed by atoms with Crippen LogP contribution in [0.15, 0.2) is 34.2 Å². The second kappa shape index (κ2) is 8.13. The van der Waals surface area contributed by atoms with Gasteiger partial charge in [-0.05, 0) is 25.0 Å². The van der Waals surface area contributed by atoms with E-state index in [0.717, 1.165) is 11.8 Å². The number of aromatic nitrogens is 2. The SMILES string of the molecule is CCC(N)Cc1c(C(F)(F)F)nn(C)c1Sc1ccccc1C(=O)OC. The Morgan fingerprint density at radius 1 is 1.38 bits per heavy atom. The number of alkyl halides is 3. The van der Waals surface area contributed by atoms with Gasteiger partial charge in [-0.1, -0.05) is 30.8 Å². The van der Waals surface area contributed by atoms with Crippen molar-refractivity contribution in [1.82, 2.24) is 9.78 Å². The smallest absolute Gasteiger partial charge is 0.435 e. The van der Waals surface area contributed by atoms with Crippen LogP contribution in [0.1, 0.15) is 35.0 Å². The van der Waals surface area contributed by atoms with Gasteiger partial charge >= 0.3 is 12.1 Å². The van der Waals surface area contributed by atoms with Crippen LogP contribution in [0.3, 0.4) is 0 Å². The van der Waals surface area contributed by atoms with Crippen molar-refractivity contribution in [3.63, 3.8) is 0 Å². The predicted molar refractivity (Wildman–Crippen MR) is 92.1 cm³/mol. The molecule has 0 spiro atoms. The number of hydrogen-bond acceptors (Lipinski definition) is 5. The van der Waals surface area contributed by atoms with E-state index in [1.54, 1.807) is 24.3 Å². The fourth-order valence-corrected chi connectivity index (χ4v) is 3.53. The molecule has 26 heavy (non-hydrogen) atoms. The summed E-state index contributed by atoms with van der Waals surface area (Å²) in [4.78, 5) is 12.4. The Morgan fingerprint density at radius 3 is 2.62 bits per heavy atom. The van der Waals surface area contributed by atoms with E-state index in [-0.39, 0.29) is 17.5 Å². The minimum atomic E-state index is -4.58. The topological polar surface area (TPSA) is 70.1 Å². The number of halogens is 3. The van der Waals surface area contributed by atoms with E-state index >= 15 is 0 Å². The number of rotatable bonds is 6. The van der Waals surface area contributed by atoms with Crippen molar-refractivity contribution < 1.29 is 22.7 Å². The van der Waals surface area contributed by atoms with Crippen LogP contribution in [-0.4, -0.2) is 28.9 Å². The molecular weight excluding hydrogens is 367 g/mol. The maximum Gasteiger partial charge on any atom is 0.435 e. The van der Waals surface area contributed by atoms with E-state index in [0.29, 0.717) is 16.3 Å². The summed E-state index contributed by atoms with van der Waals surface area (Å²) in [6, 6.07) is 6.16. The highest BCUT2D eigenvalue weighted by Gasteiger charge is 2.39. The normalized spacial score (nSPS) is 12.9. The molecular formula is C17H20F3N3O2S. The molecule has 0 aliphatic heterocycles. The van der Waals surface area contributed by atoms with E-state index in [4.69, 9.17) is 10.5 Å². The van der Waals surface area contributed by atoms with Crippen LogP contribution in [0.2, 0.25) is 0 Å². The molecule has 2 rings (SSSR count). The lowest BCUT2D eigenvalue weighted by Crippen LogP contribution is -2.23. The average Bonchev–Trinajstić information content (AvgIpc) is 2.91. The summed E-state index contributed by atoms with van der Waals surface area (Å²) in [6.07, 6.45) is -4.00. The van der Waals surface area contributed by atoms with Gasteiger partial charge in [0.1, 0.15) is 5.03 Å². The first kappa shape index (κ1) is 20.3. The summed E-state index contributed by atoms with van der Waals surface area (Å²) in [5, 5.41) is 3.96. The first-order valence-corrected chi connectivity index (χ1v) is 8.74. The summed E-state index contributed by atoms with van der Waals surface area (Å²) in [6.45, 7) is 1.81. The molecule has 0 saturated heterocycles. The van der Waals surface area contributed by atoms with Crippen molar-refractivity contribution in [2.45, 2.75) is 41.9 Å². The lowest BCUT2D eigenvalue weighted by atomic mass is 10.1. The third-order valence-electron chi connectivity index (χ3n) is 3.85. The number of aryl methyl sites for hydroxylation is 1. The number of hydrogen-bond donors (Lipinski definition) is 1. The molecule has 0 radical (unpaired) electrons. The van der Waals surface area contributed by atoms with Gasteiger partial charge in [0.25, 0.3) is 0 Å². The monoisotopic (exact) mass is 387 g/mol. The standard InChI is InChI=1S/C17H20F3N3O2S/c1-4-10(21)9-12-14(17(18,19)20)22-23(2)15(12)26-13-8-6-5-7-11(13)16(24)25-3/h5-8,10H,4,9,21H2,1-3H3. The summed E-state index contributed by atoms with van der Waals surface area (Å²) >= 11 is 1.04. The Balaban J connectivity index is 2.53. The van der Waals surface area contributed by atoms with Crippen LogP contribution in [0, 0.1) is 0 Å². The van der Waals surface area contributed by atoms with Gasteiger partial charge in [0.05, 0.1) is 12.7 Å². The number of carbonyl (C=O) groups excluding carboxylic acids is 1. The maximum absolute atomic E-state index is 13.4. The molecule has 0 amide bonds. The molecule has 0 aliphatic rings. The third-order valence-corrected chi connectivity index (χ3v) is 5.13. The molecule has 1 unspecified atom stereocenters. The molecule has 142 valence electrons. The number of carbonyl (C=O) groups is 1. The van der Waals surface area contributed by atoms with E-state index in [2.05, 4.69) is 5.10 Å². The Bertz CT molecular complexity index is 790. The van der Waals surface area contributed by atoms with Gasteiger partial charge in [-0.2, -0.15) is 18.3 Å². The van der Waals surface area contributed by atoms with Gasteiger partial charge in [0, 0.05) is 23.5 Å². The highest BCUT2D eigenvalue weighted by atomic mass is 32.2. The largest absolute Gasteiger partial charge is 0.465 e. The molecule has 0 aliphatic carbocycles. The Morgan fingerprint density at radius 2 is 2.04 bits per heavy atom. The van der Waals surface area contributed by atoms with Gasteiger partial charge in [0.2, 0.25) is 0 Å². The third kappa shape index (κ3) is 4.39. The lowest BCUT2D eigenvalue weighted by molar-refractivity contribution is -0.142. The Labute approximate surface area is 153 Å². The number of nitrogens with two attached hydrogens (primary N) is 1. The van der Waals surface area contributed by atoms with Crippen LogP contribution in [0.5, 0.6) is 0 Å². The molecule has 2 N–H and O–H groups in total. The van der Waals surface area contributed by atoms with Crippen molar-refractivity contribution >= 4 is 17.7 Å². The summed E-state index contributed by atoms with van der Waals surface area (Å²) in [7, 11) is 2.70. The summed E-state index contributed by atoms with van der Waals surface area (Å²) in [5.74, 6) is -0.557. The predicted octanol–water partition coefficient (Wildman–Crippen LogP) is 3.66. The first-order valence-electron chi connectivity index (χ1n) is 7.92. The van der Waals surface area contributed by atoms with Gasteiger partial charge in [0.15, 0.2) is 5.69 Å². The fourth-order valence-electron chi connectivity index (χ4n) is 2.44. The van der Waals surface area contributed by atoms with Gasteiger partial charge < -0.3 is 10.5 Å². The molecule has 0 fully saturated rings. The number of esters is 1. The van der Waals surface area contributed by atoms with Crippen LogP contribution in [0.4, 0.5) is 13.2 Å². The summed E-state index contributed by atoms with van der Waals surface area (Å²) < 4.78 is 46.1. The quantitative estimate of drug-likeness (QED) is 0.766. The fraction of sp³-hybridized carbons (Fsp3) is 0.412. The van der Waals surface area contributed by atoms with Crippen LogP contribution in [-0.2, 0) is 24.4 Å². The molecule has 1 aromatic carbocycles. The van der Waals surface area contributed by atoms with E-state index in [9.17, 15) is 18.0 Å². The zero-order valence-corrected chi connectivity index (χ0v) is 15.4. The minimum absolute atomic E-state index is 0.0408. The molecule has 0 bridgehead atoms. The first-order chi connectivity index (χ1) is 12.2. The number of ether oxygens (including phenoxy) is 1. The summed E-state index contributed by atoms with van der Waals surface area (Å²) in [5.41, 5.74) is 5.28. The number of benzene rings is 1. The molecule has 2 aromatic rings. The lowest BCUT2D eigenvalue weighted by Gasteiger charge is -2.13. The molecule has 1 atom stereocenters. The zero-order chi connectivity index (χ0) is 19.5. The second-order valence-corrected chi connectivity index (χ2v) is 6.75. The minimum Gasteiger partial charge on any atom is -0.465 e. The Hall–Kier alpha value is -2.00. The highest BCUT2D eigenvalue weighted by molar-refractivity contribution is 7.99. The molecule has 0 saturated carbocycles. The van der Waals surface area contributed by atoms with Crippen LogP contribution in [0.25, 0.3) is 0 Å². The average molecular weight is 387 g/mol. The van der Waals surface area contributed by atoms with Crippen LogP contribution >= 0.6 is 11.8 Å². The van der Waals surface area contributed by atoms with Crippen molar-refractivity contribution in [1.29, 1.82) is 0 Å². The molecule has 1 heterocycles. The van der Waals surface area contributed by atoms with Crippen molar-refractivity contribution in [3.8, 4) is 0 Å². The second-order valence-electron chi connectivity index (χ2n) is 5.72. The van der Waals surface area contributed by atoms with E-state index in [1.807, 2.05) is 6.92 Å². The number of nitrogens with zero attached hydrogens (tertiary/aromatic N) is 2. The Kier molecular flexibility index (Phi) is 6.35. The van der Waals surface area contributed by atoms with Crippen molar-refractivity contribution in [2.75, 3.05) is 7.11 Å². The van der Waals surface area contributed by atoms with Gasteiger partial charge in [-0.15, -0.1) is 0 Å². The number of methoxy groups -OCH3 is 1. The van der Waals surface area contributed by atoms with Crippen molar-refractivity contribution in [3.05, 3.63) is 41.1 Å². The highest BCUT2D eigenvalue weighted by Crippen LogP contribution is 2.40. The van der Waals surface area contributed by atoms with Gasteiger partial charge in [-0.3, -0.25) is 4.68 Å². The maximum atomic E-state index is 13.4. The zero-order valence-electron chi connectivity index (χ0n) is 14.6. The van der Waals surface area contributed by atoms with Gasteiger partial charge in [-0.25, -0.2) is 4.79 Å². The van der Waals surface area contributed by atoms with Crippen LogP contribution < -0.4 is 5.73 Å². The molecule has 1 aromatic heterocycles. The van der Waals surface area contributed by atoms with E-state index in [1.165, 1.54) is 18.8 Å².